The van der Waals surface area contributed by atoms with Gasteiger partial charge < -0.3 is 5.32 Å². The molecular weight excluding hydrogens is 246 g/mol. The first-order chi connectivity index (χ1) is 9.74. The zero-order valence-electron chi connectivity index (χ0n) is 11.1. The Bertz CT molecular complexity index is 955. The molecular formula is C18H13NO. The maximum absolute atomic E-state index is 11.4. The van der Waals surface area contributed by atoms with Crippen molar-refractivity contribution in [2.45, 2.75) is 6.92 Å². The summed E-state index contributed by atoms with van der Waals surface area (Å²) in [4.78, 5) is 11.4. The first kappa shape index (κ1) is 11.2. The van der Waals surface area contributed by atoms with Gasteiger partial charge in [-0.1, -0.05) is 48.5 Å². The van der Waals surface area contributed by atoms with Gasteiger partial charge in [-0.25, -0.2) is 0 Å². The average Bonchev–Trinajstić information content (AvgIpc) is 2.45. The smallest absolute Gasteiger partial charge is 0.221 e. The lowest BCUT2D eigenvalue weighted by atomic mass is 9.93. The Labute approximate surface area is 116 Å². The molecule has 4 rings (SSSR count). The van der Waals surface area contributed by atoms with Crippen LogP contribution in [0.5, 0.6) is 0 Å². The van der Waals surface area contributed by atoms with Gasteiger partial charge in [-0.15, -0.1) is 0 Å². The number of hydrogen-bond donors (Lipinski definition) is 1. The fraction of sp³-hybridized carbons (Fsp3) is 0.0556. The third kappa shape index (κ3) is 1.48. The van der Waals surface area contributed by atoms with Crippen molar-refractivity contribution in [1.82, 2.24) is 0 Å². The largest absolute Gasteiger partial charge is 0.326 e. The van der Waals surface area contributed by atoms with Gasteiger partial charge in [0.25, 0.3) is 0 Å². The van der Waals surface area contributed by atoms with Crippen LogP contribution in [0.3, 0.4) is 0 Å². The van der Waals surface area contributed by atoms with E-state index in [2.05, 4.69) is 53.8 Å². The second-order valence-electron chi connectivity index (χ2n) is 5.15. The third-order valence-corrected chi connectivity index (χ3v) is 3.82. The normalized spacial score (nSPS) is 11.4. The number of carbonyl (C=O) groups excluding carboxylic acids is 1. The van der Waals surface area contributed by atoms with Crippen LogP contribution >= 0.6 is 0 Å². The summed E-state index contributed by atoms with van der Waals surface area (Å²) >= 11 is 0. The van der Waals surface area contributed by atoms with Gasteiger partial charge in [0.2, 0.25) is 5.91 Å². The van der Waals surface area contributed by atoms with Gasteiger partial charge in [-0.05, 0) is 33.0 Å². The summed E-state index contributed by atoms with van der Waals surface area (Å²) in [6, 6.07) is 18.9. The summed E-state index contributed by atoms with van der Waals surface area (Å²) < 4.78 is 0. The molecule has 0 aliphatic carbocycles. The minimum atomic E-state index is -0.0418. The first-order valence-electron chi connectivity index (χ1n) is 6.68. The van der Waals surface area contributed by atoms with E-state index in [1.54, 1.807) is 6.92 Å². The molecule has 2 nitrogen and oxygen atoms in total. The molecule has 0 heterocycles. The second-order valence-corrected chi connectivity index (χ2v) is 5.15. The van der Waals surface area contributed by atoms with Gasteiger partial charge in [0.15, 0.2) is 0 Å². The Kier molecular flexibility index (Phi) is 2.21. The van der Waals surface area contributed by atoms with Crippen LogP contribution in [-0.2, 0) is 4.79 Å². The van der Waals surface area contributed by atoms with Crippen LogP contribution in [0.4, 0.5) is 5.69 Å². The molecule has 0 fully saturated rings. The van der Waals surface area contributed by atoms with Gasteiger partial charge in [0, 0.05) is 18.0 Å². The molecule has 0 saturated heterocycles. The highest BCUT2D eigenvalue weighted by molar-refractivity contribution is 6.26. The average molecular weight is 259 g/mol. The lowest BCUT2D eigenvalue weighted by molar-refractivity contribution is -0.114. The molecule has 1 amide bonds. The molecule has 96 valence electrons. The fourth-order valence-electron chi connectivity index (χ4n) is 3.06. The van der Waals surface area contributed by atoms with Crippen LogP contribution in [-0.4, -0.2) is 5.91 Å². The Hall–Kier alpha value is -2.61. The Morgan fingerprint density at radius 2 is 1.50 bits per heavy atom. The van der Waals surface area contributed by atoms with Crippen LogP contribution < -0.4 is 5.32 Å². The zero-order valence-corrected chi connectivity index (χ0v) is 11.1. The summed E-state index contributed by atoms with van der Waals surface area (Å²) in [6.45, 7) is 1.54. The molecule has 20 heavy (non-hydrogen) atoms. The summed E-state index contributed by atoms with van der Waals surface area (Å²) in [6.07, 6.45) is 0. The van der Waals surface area contributed by atoms with E-state index in [-0.39, 0.29) is 5.91 Å². The van der Waals surface area contributed by atoms with Crippen LogP contribution in [0, 0.1) is 0 Å². The van der Waals surface area contributed by atoms with Gasteiger partial charge in [0.1, 0.15) is 0 Å². The zero-order chi connectivity index (χ0) is 13.7. The number of amides is 1. The monoisotopic (exact) mass is 259 g/mol. The third-order valence-electron chi connectivity index (χ3n) is 3.82. The van der Waals surface area contributed by atoms with E-state index in [9.17, 15) is 4.79 Å². The van der Waals surface area contributed by atoms with Crippen LogP contribution in [0.1, 0.15) is 6.92 Å². The van der Waals surface area contributed by atoms with E-state index in [0.29, 0.717) is 0 Å². The molecule has 4 aromatic rings. The van der Waals surface area contributed by atoms with Crippen molar-refractivity contribution in [1.29, 1.82) is 0 Å². The van der Waals surface area contributed by atoms with Crippen LogP contribution in [0.25, 0.3) is 32.3 Å². The number of anilines is 1. The van der Waals surface area contributed by atoms with E-state index in [0.717, 1.165) is 16.5 Å². The molecule has 2 heteroatoms. The molecule has 0 unspecified atom stereocenters. The van der Waals surface area contributed by atoms with Gasteiger partial charge >= 0.3 is 0 Å². The van der Waals surface area contributed by atoms with Crippen molar-refractivity contribution in [2.24, 2.45) is 0 Å². The van der Waals surface area contributed by atoms with Crippen LogP contribution in [0.2, 0.25) is 0 Å². The molecule has 0 aliphatic rings. The Morgan fingerprint density at radius 1 is 0.850 bits per heavy atom. The van der Waals surface area contributed by atoms with E-state index < -0.39 is 0 Å². The topological polar surface area (TPSA) is 29.1 Å². The highest BCUT2D eigenvalue weighted by atomic mass is 16.1. The van der Waals surface area contributed by atoms with Gasteiger partial charge in [0.05, 0.1) is 0 Å². The van der Waals surface area contributed by atoms with Crippen molar-refractivity contribution in [2.75, 3.05) is 5.32 Å². The minimum Gasteiger partial charge on any atom is -0.326 e. The van der Waals surface area contributed by atoms with Crippen LogP contribution in [0.15, 0.2) is 54.6 Å². The summed E-state index contributed by atoms with van der Waals surface area (Å²) in [5.41, 5.74) is 0.884. The minimum absolute atomic E-state index is 0.0418. The van der Waals surface area contributed by atoms with Crippen molar-refractivity contribution < 1.29 is 4.79 Å². The van der Waals surface area contributed by atoms with Gasteiger partial charge in [-0.3, -0.25) is 4.79 Å². The Balaban J connectivity index is 2.27. The van der Waals surface area contributed by atoms with E-state index in [1.807, 2.05) is 6.07 Å². The fourth-order valence-corrected chi connectivity index (χ4v) is 3.06. The Morgan fingerprint density at radius 3 is 2.25 bits per heavy atom. The molecule has 0 aromatic heterocycles. The first-order valence-corrected chi connectivity index (χ1v) is 6.68. The predicted molar refractivity (Wildman–Crippen MR) is 84.4 cm³/mol. The quantitative estimate of drug-likeness (QED) is 0.499. The SMILES string of the molecule is CC(=O)Nc1cc2cccc3ccc4cccc1c4c32. The molecule has 0 saturated carbocycles. The second kappa shape index (κ2) is 3.94. The summed E-state index contributed by atoms with van der Waals surface area (Å²) in [5.74, 6) is -0.0418. The molecule has 0 bridgehead atoms. The van der Waals surface area contributed by atoms with Crippen molar-refractivity contribution in [3.8, 4) is 0 Å². The highest BCUT2D eigenvalue weighted by Crippen LogP contribution is 2.38. The van der Waals surface area contributed by atoms with Gasteiger partial charge in [-0.2, -0.15) is 0 Å². The number of rotatable bonds is 1. The number of hydrogen-bond acceptors (Lipinski definition) is 1. The standard InChI is InChI=1S/C18H13NO/c1-11(20)19-16-10-14-6-2-4-12-8-9-13-5-3-7-15(16)18(13)17(12)14/h2-10H,1H3,(H,19,20). The summed E-state index contributed by atoms with van der Waals surface area (Å²) in [5, 5.41) is 10.2. The van der Waals surface area contributed by atoms with Crippen molar-refractivity contribution >= 4 is 43.9 Å². The maximum Gasteiger partial charge on any atom is 0.221 e. The van der Waals surface area contributed by atoms with E-state index in [4.69, 9.17) is 0 Å². The lowest BCUT2D eigenvalue weighted by Crippen LogP contribution is -2.06. The molecule has 0 aliphatic heterocycles. The molecule has 0 radical (unpaired) electrons. The molecule has 0 spiro atoms. The molecule has 0 atom stereocenters. The molecule has 1 N–H and O–H groups in total. The number of carbonyl (C=O) groups is 1. The predicted octanol–water partition coefficient (Wildman–Crippen LogP) is 4.54. The van der Waals surface area contributed by atoms with Crippen molar-refractivity contribution in [3.63, 3.8) is 0 Å². The van der Waals surface area contributed by atoms with E-state index >= 15 is 0 Å². The number of nitrogens with one attached hydrogen (secondary N) is 1. The highest BCUT2D eigenvalue weighted by Gasteiger charge is 2.11. The van der Waals surface area contributed by atoms with E-state index in [1.165, 1.54) is 21.5 Å². The summed E-state index contributed by atoms with van der Waals surface area (Å²) in [7, 11) is 0. The number of benzene rings is 4. The molecule has 4 aromatic carbocycles. The van der Waals surface area contributed by atoms with Crippen molar-refractivity contribution in [3.05, 3.63) is 54.6 Å². The lowest BCUT2D eigenvalue weighted by Gasteiger charge is -2.14. The maximum atomic E-state index is 11.4.